The minimum atomic E-state index is -0.751. The third-order valence-corrected chi connectivity index (χ3v) is 4.97. The van der Waals surface area contributed by atoms with Crippen LogP contribution >= 0.6 is 23.2 Å². The number of nitrogens with zero attached hydrogens (tertiary/aromatic N) is 1. The van der Waals surface area contributed by atoms with Crippen LogP contribution in [0.5, 0.6) is 0 Å². The molecule has 0 radical (unpaired) electrons. The van der Waals surface area contributed by atoms with Gasteiger partial charge >= 0.3 is 5.97 Å². The number of allylic oxidation sites excluding steroid dienone is 3. The highest BCUT2D eigenvalue weighted by molar-refractivity contribution is 6.42. The molecule has 6 heteroatoms. The van der Waals surface area contributed by atoms with Crippen LogP contribution < -0.4 is 0 Å². The van der Waals surface area contributed by atoms with Crippen molar-refractivity contribution in [1.82, 2.24) is 0 Å². The number of esters is 1. The second kappa shape index (κ2) is 7.98. The molecule has 4 nitrogen and oxygen atoms in total. The van der Waals surface area contributed by atoms with Gasteiger partial charge in [0.05, 0.1) is 16.7 Å². The highest BCUT2D eigenvalue weighted by atomic mass is 35.5. The predicted molar refractivity (Wildman–Crippen MR) is 100 cm³/mol. The number of hydrogen-bond donors (Lipinski definition) is 0. The summed E-state index contributed by atoms with van der Waals surface area (Å²) in [5.74, 6) is -2.14. The van der Waals surface area contributed by atoms with E-state index in [-0.39, 0.29) is 12.4 Å². The van der Waals surface area contributed by atoms with Gasteiger partial charge in [-0.25, -0.2) is 0 Å². The first-order chi connectivity index (χ1) is 11.8. The maximum atomic E-state index is 12.6. The zero-order valence-electron chi connectivity index (χ0n) is 14.3. The van der Waals surface area contributed by atoms with E-state index in [4.69, 9.17) is 27.9 Å². The molecule has 0 saturated carbocycles. The van der Waals surface area contributed by atoms with Gasteiger partial charge in [-0.3, -0.25) is 14.6 Å². The summed E-state index contributed by atoms with van der Waals surface area (Å²) in [7, 11) is 0. The van der Waals surface area contributed by atoms with Crippen LogP contribution in [-0.2, 0) is 14.3 Å². The molecule has 1 aromatic carbocycles. The number of carbonyl (C=O) groups is 2. The SMILES string of the molecule is C=CC(=O)C1=C(C)N=C(C)C(C(=O)OCC)C1c1cccc(Cl)c1Cl. The van der Waals surface area contributed by atoms with Crippen molar-refractivity contribution >= 4 is 40.7 Å². The highest BCUT2D eigenvalue weighted by Gasteiger charge is 2.42. The van der Waals surface area contributed by atoms with Crippen molar-refractivity contribution in [2.45, 2.75) is 26.7 Å². The molecule has 1 heterocycles. The number of rotatable bonds is 5. The average molecular weight is 380 g/mol. The van der Waals surface area contributed by atoms with Crippen LogP contribution in [0.4, 0.5) is 0 Å². The molecule has 2 unspecified atom stereocenters. The normalized spacial score (nSPS) is 20.1. The van der Waals surface area contributed by atoms with Crippen molar-refractivity contribution in [3.8, 4) is 0 Å². The van der Waals surface area contributed by atoms with E-state index in [0.29, 0.717) is 32.6 Å². The molecular formula is C19H19Cl2NO3. The molecule has 0 aromatic heterocycles. The minimum Gasteiger partial charge on any atom is -0.465 e. The van der Waals surface area contributed by atoms with Gasteiger partial charge in [-0.05, 0) is 38.5 Å². The molecule has 1 aromatic rings. The Labute approximate surface area is 157 Å². The van der Waals surface area contributed by atoms with Gasteiger partial charge < -0.3 is 4.74 Å². The topological polar surface area (TPSA) is 55.7 Å². The fraction of sp³-hybridized carbons (Fsp3) is 0.316. The fourth-order valence-electron chi connectivity index (χ4n) is 3.10. The van der Waals surface area contributed by atoms with Gasteiger partial charge in [0.15, 0.2) is 5.78 Å². The lowest BCUT2D eigenvalue weighted by atomic mass is 9.74. The van der Waals surface area contributed by atoms with Gasteiger partial charge in [0.25, 0.3) is 0 Å². The van der Waals surface area contributed by atoms with Crippen molar-refractivity contribution in [2.24, 2.45) is 10.9 Å². The smallest absolute Gasteiger partial charge is 0.315 e. The van der Waals surface area contributed by atoms with Crippen molar-refractivity contribution in [3.05, 3.63) is 57.7 Å². The van der Waals surface area contributed by atoms with Gasteiger partial charge in [-0.2, -0.15) is 0 Å². The standard InChI is InChI=1S/C19H19Cl2NO3/c1-5-14(23)15-10(3)22-11(4)16(19(24)25-6-2)17(15)12-8-7-9-13(20)18(12)21/h5,7-9,16-17H,1,6H2,2-4H3. The number of benzene rings is 1. The lowest BCUT2D eigenvalue weighted by molar-refractivity contribution is -0.146. The van der Waals surface area contributed by atoms with Crippen molar-refractivity contribution < 1.29 is 14.3 Å². The predicted octanol–water partition coefficient (Wildman–Crippen LogP) is 4.76. The lowest BCUT2D eigenvalue weighted by Crippen LogP contribution is -2.36. The molecule has 1 aliphatic rings. The molecule has 0 fully saturated rings. The van der Waals surface area contributed by atoms with Crippen LogP contribution in [0.3, 0.4) is 0 Å². The van der Waals surface area contributed by atoms with Crippen LogP contribution in [0.25, 0.3) is 0 Å². The second-order valence-electron chi connectivity index (χ2n) is 5.67. The highest BCUT2D eigenvalue weighted by Crippen LogP contribution is 2.44. The van der Waals surface area contributed by atoms with E-state index >= 15 is 0 Å². The first kappa shape index (κ1) is 19.4. The Balaban J connectivity index is 2.74. The van der Waals surface area contributed by atoms with Crippen LogP contribution in [0, 0.1) is 5.92 Å². The van der Waals surface area contributed by atoms with E-state index < -0.39 is 17.8 Å². The summed E-state index contributed by atoms with van der Waals surface area (Å²) in [5.41, 5.74) is 2.07. The van der Waals surface area contributed by atoms with Crippen molar-refractivity contribution in [1.29, 1.82) is 0 Å². The Bertz CT molecular complexity index is 796. The van der Waals surface area contributed by atoms with E-state index in [1.165, 1.54) is 6.08 Å². The van der Waals surface area contributed by atoms with Gasteiger partial charge in [0.1, 0.15) is 5.92 Å². The average Bonchev–Trinajstić information content (AvgIpc) is 2.56. The molecule has 1 aliphatic heterocycles. The first-order valence-corrected chi connectivity index (χ1v) is 8.62. The Morgan fingerprint density at radius 1 is 1.32 bits per heavy atom. The fourth-order valence-corrected chi connectivity index (χ4v) is 3.53. The lowest BCUT2D eigenvalue weighted by Gasteiger charge is -2.32. The third kappa shape index (κ3) is 3.70. The molecule has 0 amide bonds. The Morgan fingerprint density at radius 2 is 2.00 bits per heavy atom. The van der Waals surface area contributed by atoms with E-state index in [1.54, 1.807) is 39.0 Å². The van der Waals surface area contributed by atoms with E-state index in [0.717, 1.165) is 0 Å². The van der Waals surface area contributed by atoms with E-state index in [1.807, 2.05) is 0 Å². The van der Waals surface area contributed by atoms with Crippen LogP contribution in [-0.4, -0.2) is 24.1 Å². The van der Waals surface area contributed by atoms with Crippen LogP contribution in [0.1, 0.15) is 32.3 Å². The zero-order valence-corrected chi connectivity index (χ0v) is 15.8. The Kier molecular flexibility index (Phi) is 6.20. The molecular weight excluding hydrogens is 361 g/mol. The van der Waals surface area contributed by atoms with Gasteiger partial charge in [-0.1, -0.05) is 41.9 Å². The van der Waals surface area contributed by atoms with Crippen LogP contribution in [0.2, 0.25) is 10.0 Å². The van der Waals surface area contributed by atoms with Gasteiger partial charge in [-0.15, -0.1) is 0 Å². The van der Waals surface area contributed by atoms with Crippen molar-refractivity contribution in [3.63, 3.8) is 0 Å². The zero-order chi connectivity index (χ0) is 18.7. The molecule has 25 heavy (non-hydrogen) atoms. The second-order valence-corrected chi connectivity index (χ2v) is 6.46. The maximum absolute atomic E-state index is 12.6. The first-order valence-electron chi connectivity index (χ1n) is 7.86. The monoisotopic (exact) mass is 379 g/mol. The molecule has 132 valence electrons. The largest absolute Gasteiger partial charge is 0.465 e. The minimum absolute atomic E-state index is 0.228. The van der Waals surface area contributed by atoms with Crippen LogP contribution in [0.15, 0.2) is 47.1 Å². The summed E-state index contributed by atoms with van der Waals surface area (Å²) in [4.78, 5) is 29.5. The number of hydrogen-bond acceptors (Lipinski definition) is 4. The van der Waals surface area contributed by atoms with E-state index in [9.17, 15) is 9.59 Å². The summed E-state index contributed by atoms with van der Waals surface area (Å²) in [6, 6.07) is 5.15. The molecule has 2 atom stereocenters. The number of aliphatic imine (C=N–C) groups is 1. The molecule has 0 saturated heterocycles. The summed E-state index contributed by atoms with van der Waals surface area (Å²) in [5, 5.41) is 0.658. The van der Waals surface area contributed by atoms with Gasteiger partial charge in [0, 0.05) is 22.9 Å². The molecule has 0 N–H and O–H groups in total. The third-order valence-electron chi connectivity index (χ3n) is 4.14. The molecule has 0 bridgehead atoms. The Morgan fingerprint density at radius 3 is 2.60 bits per heavy atom. The molecule has 2 rings (SSSR count). The quantitative estimate of drug-likeness (QED) is 0.547. The van der Waals surface area contributed by atoms with Crippen molar-refractivity contribution in [2.75, 3.05) is 6.61 Å². The summed E-state index contributed by atoms with van der Waals surface area (Å²) in [6.45, 7) is 8.98. The Hall–Kier alpha value is -1.91. The summed E-state index contributed by atoms with van der Waals surface area (Å²) < 4.78 is 5.22. The molecule has 0 spiro atoms. The molecule has 0 aliphatic carbocycles. The number of halogens is 2. The number of ether oxygens (including phenoxy) is 1. The maximum Gasteiger partial charge on any atom is 0.315 e. The van der Waals surface area contributed by atoms with E-state index in [2.05, 4.69) is 11.6 Å². The summed E-state index contributed by atoms with van der Waals surface area (Å²) >= 11 is 12.6. The van der Waals surface area contributed by atoms with Gasteiger partial charge in [0.2, 0.25) is 0 Å². The number of ketones is 1. The number of carbonyl (C=O) groups excluding carboxylic acids is 2. The summed E-state index contributed by atoms with van der Waals surface area (Å²) in [6.07, 6.45) is 1.21.